The smallest absolute Gasteiger partial charge is 0.264 e. The van der Waals surface area contributed by atoms with Gasteiger partial charge in [0.25, 0.3) is 5.56 Å². The molecule has 8 nitrogen and oxygen atoms in total. The summed E-state index contributed by atoms with van der Waals surface area (Å²) in [5.41, 5.74) is 0.839. The second kappa shape index (κ2) is 9.90. The molecule has 1 aromatic carbocycles. The van der Waals surface area contributed by atoms with Crippen molar-refractivity contribution >= 4 is 27.0 Å². The summed E-state index contributed by atoms with van der Waals surface area (Å²) >= 11 is 1.10. The predicted octanol–water partition coefficient (Wildman–Crippen LogP) is 2.13. The third kappa shape index (κ3) is 5.41. The number of thiophene rings is 1. The summed E-state index contributed by atoms with van der Waals surface area (Å²) in [6, 6.07) is 12.9. The summed E-state index contributed by atoms with van der Waals surface area (Å²) < 4.78 is 42.0. The first-order chi connectivity index (χ1) is 15.4. The second-order valence-corrected chi connectivity index (χ2v) is 10.5. The monoisotopic (exact) mass is 477 g/mol. The maximum absolute atomic E-state index is 13.9. The molecule has 0 amide bonds. The van der Waals surface area contributed by atoms with Gasteiger partial charge in [-0.15, -0.1) is 11.3 Å². The molecule has 0 spiro atoms. The molecule has 1 aliphatic rings. The van der Waals surface area contributed by atoms with Gasteiger partial charge in [-0.3, -0.25) is 9.69 Å². The standard InChI is InChI=1S/C21H24FN5O3S2/c22-16-4-1-2-5-18(16)27-14-12-26(13-15-27)11-3-10-23-32(29,30)21-9-7-19(31-21)17-6-8-20(28)25-24-17/h1-2,4-9,23H,3,10-15H2,(H,25,28). The van der Waals surface area contributed by atoms with Gasteiger partial charge in [-0.1, -0.05) is 12.1 Å². The third-order valence-corrected chi connectivity index (χ3v) is 8.35. The molecule has 32 heavy (non-hydrogen) atoms. The lowest BCUT2D eigenvalue weighted by molar-refractivity contribution is 0.255. The van der Waals surface area contributed by atoms with E-state index in [9.17, 15) is 17.6 Å². The zero-order valence-corrected chi connectivity index (χ0v) is 19.0. The number of hydrogen-bond acceptors (Lipinski definition) is 7. The fourth-order valence-electron chi connectivity index (χ4n) is 3.58. The molecule has 1 aliphatic heterocycles. The van der Waals surface area contributed by atoms with E-state index in [1.54, 1.807) is 24.3 Å². The number of benzene rings is 1. The number of aromatic nitrogens is 2. The molecule has 0 unspecified atom stereocenters. The van der Waals surface area contributed by atoms with Gasteiger partial charge in [0.15, 0.2) is 0 Å². The van der Waals surface area contributed by atoms with E-state index < -0.39 is 10.0 Å². The molecule has 0 aliphatic carbocycles. The largest absolute Gasteiger partial charge is 0.367 e. The molecule has 3 heterocycles. The van der Waals surface area contributed by atoms with Gasteiger partial charge in [0.05, 0.1) is 10.6 Å². The highest BCUT2D eigenvalue weighted by molar-refractivity contribution is 7.91. The van der Waals surface area contributed by atoms with Crippen LogP contribution in [-0.4, -0.2) is 62.8 Å². The molecule has 4 rings (SSSR count). The quantitative estimate of drug-likeness (QED) is 0.483. The summed E-state index contributed by atoms with van der Waals surface area (Å²) in [7, 11) is -3.61. The molecule has 2 aromatic heterocycles. The van der Waals surface area contributed by atoms with E-state index in [0.29, 0.717) is 29.2 Å². The topological polar surface area (TPSA) is 98.4 Å². The lowest BCUT2D eigenvalue weighted by Crippen LogP contribution is -2.47. The van der Waals surface area contributed by atoms with Gasteiger partial charge in [-0.25, -0.2) is 22.6 Å². The normalized spacial score (nSPS) is 15.2. The highest BCUT2D eigenvalue weighted by Gasteiger charge is 2.20. The molecule has 0 radical (unpaired) electrons. The van der Waals surface area contributed by atoms with Crippen LogP contribution in [0.1, 0.15) is 6.42 Å². The molecule has 11 heteroatoms. The van der Waals surface area contributed by atoms with E-state index in [1.807, 2.05) is 11.0 Å². The number of para-hydroxylation sites is 1. The van der Waals surface area contributed by atoms with Crippen molar-refractivity contribution in [2.24, 2.45) is 0 Å². The minimum Gasteiger partial charge on any atom is -0.367 e. The van der Waals surface area contributed by atoms with Crippen molar-refractivity contribution in [2.45, 2.75) is 10.6 Å². The number of H-pyrrole nitrogens is 1. The second-order valence-electron chi connectivity index (χ2n) is 7.46. The molecule has 2 N–H and O–H groups in total. The van der Waals surface area contributed by atoms with Gasteiger partial charge < -0.3 is 4.90 Å². The fraction of sp³-hybridized carbons (Fsp3) is 0.333. The van der Waals surface area contributed by atoms with Crippen LogP contribution >= 0.6 is 11.3 Å². The fourth-order valence-corrected chi connectivity index (χ4v) is 5.98. The Balaban J connectivity index is 1.23. The number of nitrogens with zero attached hydrogens (tertiary/aromatic N) is 3. The predicted molar refractivity (Wildman–Crippen MR) is 123 cm³/mol. The summed E-state index contributed by atoms with van der Waals surface area (Å²) in [6.07, 6.45) is 0.679. The van der Waals surface area contributed by atoms with Gasteiger partial charge in [0.1, 0.15) is 15.7 Å². The highest BCUT2D eigenvalue weighted by atomic mass is 32.2. The molecular weight excluding hydrogens is 453 g/mol. The highest BCUT2D eigenvalue weighted by Crippen LogP contribution is 2.28. The molecule has 0 atom stereocenters. The van der Waals surface area contributed by atoms with Crippen LogP contribution in [0.5, 0.6) is 0 Å². The number of aromatic amines is 1. The van der Waals surface area contributed by atoms with Gasteiger partial charge in [0, 0.05) is 38.8 Å². The van der Waals surface area contributed by atoms with Crippen molar-refractivity contribution in [3.63, 3.8) is 0 Å². The maximum atomic E-state index is 13.9. The number of sulfonamides is 1. The van der Waals surface area contributed by atoms with E-state index >= 15 is 0 Å². The molecule has 170 valence electrons. The first-order valence-electron chi connectivity index (χ1n) is 10.3. The zero-order valence-electron chi connectivity index (χ0n) is 17.3. The summed E-state index contributed by atoms with van der Waals surface area (Å²) in [5.74, 6) is -0.205. The van der Waals surface area contributed by atoms with Gasteiger partial charge in [-0.2, -0.15) is 5.10 Å². The van der Waals surface area contributed by atoms with Crippen molar-refractivity contribution < 1.29 is 12.8 Å². The first kappa shape index (κ1) is 22.6. The van der Waals surface area contributed by atoms with Gasteiger partial charge in [0.2, 0.25) is 10.0 Å². The molecule has 0 saturated carbocycles. The summed E-state index contributed by atoms with van der Waals surface area (Å²) in [4.78, 5) is 16.1. The summed E-state index contributed by atoms with van der Waals surface area (Å²) in [6.45, 7) is 4.19. The Labute approximate surface area is 189 Å². The Morgan fingerprint density at radius 2 is 1.84 bits per heavy atom. The Morgan fingerprint density at radius 1 is 1.06 bits per heavy atom. The lowest BCUT2D eigenvalue weighted by Gasteiger charge is -2.36. The van der Waals surface area contributed by atoms with Crippen molar-refractivity contribution in [1.82, 2.24) is 19.8 Å². The van der Waals surface area contributed by atoms with Crippen LogP contribution in [0.2, 0.25) is 0 Å². The number of halogens is 1. The van der Waals surface area contributed by atoms with Gasteiger partial charge >= 0.3 is 0 Å². The number of piperazine rings is 1. The van der Waals surface area contributed by atoms with Crippen LogP contribution in [0, 0.1) is 5.82 Å². The minimum atomic E-state index is -3.61. The SMILES string of the molecule is O=c1ccc(-c2ccc(S(=O)(=O)NCCCN3CCN(c4ccccc4F)CC3)s2)n[nH]1. The third-order valence-electron chi connectivity index (χ3n) is 5.29. The van der Waals surface area contributed by atoms with Crippen LogP contribution in [0.3, 0.4) is 0 Å². The van der Waals surface area contributed by atoms with Crippen molar-refractivity contribution in [1.29, 1.82) is 0 Å². The van der Waals surface area contributed by atoms with Crippen LogP contribution < -0.4 is 15.2 Å². The average Bonchev–Trinajstić information content (AvgIpc) is 3.30. The minimum absolute atomic E-state index is 0.205. The van der Waals surface area contributed by atoms with E-state index in [1.165, 1.54) is 18.2 Å². The summed E-state index contributed by atoms with van der Waals surface area (Å²) in [5, 5.41) is 6.27. The molecule has 3 aromatic rings. The van der Waals surface area contributed by atoms with Crippen molar-refractivity contribution in [2.75, 3.05) is 44.2 Å². The van der Waals surface area contributed by atoms with E-state index in [-0.39, 0.29) is 15.6 Å². The van der Waals surface area contributed by atoms with Crippen LogP contribution in [0.25, 0.3) is 10.6 Å². The molecular formula is C21H24FN5O3S2. The molecule has 1 fully saturated rings. The number of nitrogens with one attached hydrogen (secondary N) is 2. The Kier molecular flexibility index (Phi) is 6.99. The van der Waals surface area contributed by atoms with Crippen molar-refractivity contribution in [3.05, 3.63) is 64.7 Å². The van der Waals surface area contributed by atoms with Crippen molar-refractivity contribution in [3.8, 4) is 10.6 Å². The zero-order chi connectivity index (χ0) is 22.6. The Morgan fingerprint density at radius 3 is 2.56 bits per heavy atom. The average molecular weight is 478 g/mol. The van der Waals surface area contributed by atoms with Crippen LogP contribution in [0.15, 0.2) is 57.5 Å². The van der Waals surface area contributed by atoms with E-state index in [4.69, 9.17) is 0 Å². The van der Waals surface area contributed by atoms with E-state index in [2.05, 4.69) is 19.8 Å². The molecule has 1 saturated heterocycles. The van der Waals surface area contributed by atoms with Gasteiger partial charge in [-0.05, 0) is 43.3 Å². The van der Waals surface area contributed by atoms with Crippen LogP contribution in [0.4, 0.5) is 10.1 Å². The Hall–Kier alpha value is -2.60. The number of anilines is 1. The maximum Gasteiger partial charge on any atom is 0.264 e. The van der Waals surface area contributed by atoms with E-state index in [0.717, 1.165) is 44.1 Å². The Bertz CT molecular complexity index is 1200. The van der Waals surface area contributed by atoms with Crippen LogP contribution in [-0.2, 0) is 10.0 Å². The first-order valence-corrected chi connectivity index (χ1v) is 12.6. The lowest BCUT2D eigenvalue weighted by atomic mass is 10.2. The molecule has 0 bridgehead atoms. The number of hydrogen-bond donors (Lipinski definition) is 2. The number of rotatable bonds is 8.